The molecule has 2 rings (SSSR count). The van der Waals surface area contributed by atoms with Crippen LogP contribution in [0.3, 0.4) is 0 Å². The maximum absolute atomic E-state index is 13.3. The summed E-state index contributed by atoms with van der Waals surface area (Å²) in [5, 5.41) is 0. The van der Waals surface area contributed by atoms with Crippen LogP contribution >= 0.6 is 0 Å². The van der Waals surface area contributed by atoms with Gasteiger partial charge >= 0.3 is 0 Å². The average Bonchev–Trinajstić information content (AvgIpc) is 2.52. The fourth-order valence-corrected chi connectivity index (χ4v) is 2.95. The third kappa shape index (κ3) is 0.709. The van der Waals surface area contributed by atoms with Gasteiger partial charge in [0.15, 0.2) is 0 Å². The Kier molecular flexibility index (Phi) is 1.54. The Morgan fingerprint density at radius 3 is 2.50 bits per heavy atom. The van der Waals surface area contributed by atoms with Crippen LogP contribution in [0.5, 0.6) is 0 Å². The van der Waals surface area contributed by atoms with Gasteiger partial charge in [0.05, 0.1) is 5.41 Å². The van der Waals surface area contributed by atoms with Gasteiger partial charge in [0.1, 0.15) is 0 Å². The van der Waals surface area contributed by atoms with Gasteiger partial charge in [-0.3, -0.25) is 0 Å². The normalized spacial score (nSPS) is 46.5. The fourth-order valence-electron chi connectivity index (χ4n) is 2.95. The molecule has 0 radical (unpaired) electrons. The molecule has 0 bridgehead atoms. The van der Waals surface area contributed by atoms with E-state index in [1.165, 1.54) is 0 Å². The molecule has 0 saturated heterocycles. The maximum atomic E-state index is 13.3. The van der Waals surface area contributed by atoms with Crippen molar-refractivity contribution in [1.29, 1.82) is 0 Å². The molecule has 2 aliphatic rings. The predicted octanol–water partition coefficient (Wildman–Crippen LogP) is 2.16. The first-order valence-electron chi connectivity index (χ1n) is 4.67. The van der Waals surface area contributed by atoms with Crippen LogP contribution < -0.4 is 5.73 Å². The number of rotatable bonds is 1. The van der Waals surface area contributed by atoms with Crippen molar-refractivity contribution in [2.75, 3.05) is 0 Å². The van der Waals surface area contributed by atoms with E-state index in [-0.39, 0.29) is 6.04 Å². The van der Waals surface area contributed by atoms with Crippen molar-refractivity contribution in [3.8, 4) is 0 Å². The first-order chi connectivity index (χ1) is 5.53. The third-order valence-electron chi connectivity index (χ3n) is 3.74. The van der Waals surface area contributed by atoms with E-state index in [0.29, 0.717) is 12.8 Å². The summed E-state index contributed by atoms with van der Waals surface area (Å²) in [6, 6.07) is -0.349. The van der Waals surface area contributed by atoms with Crippen LogP contribution in [-0.2, 0) is 0 Å². The second-order valence-electron chi connectivity index (χ2n) is 4.25. The van der Waals surface area contributed by atoms with Crippen LogP contribution in [0.4, 0.5) is 8.78 Å². The molecule has 3 atom stereocenters. The third-order valence-corrected chi connectivity index (χ3v) is 3.74. The van der Waals surface area contributed by atoms with Crippen LogP contribution in [0.2, 0.25) is 0 Å². The van der Waals surface area contributed by atoms with Crippen molar-refractivity contribution >= 4 is 0 Å². The average molecular weight is 175 g/mol. The summed E-state index contributed by atoms with van der Waals surface area (Å²) < 4.78 is 26.7. The molecule has 70 valence electrons. The minimum absolute atomic E-state index is 0.349. The van der Waals surface area contributed by atoms with E-state index in [4.69, 9.17) is 5.73 Å². The maximum Gasteiger partial charge on any atom is 0.259 e. The fraction of sp³-hybridized carbons (Fsp3) is 1.00. The van der Waals surface area contributed by atoms with Gasteiger partial charge < -0.3 is 5.73 Å². The molecule has 0 heterocycles. The summed E-state index contributed by atoms with van der Waals surface area (Å²) in [7, 11) is 0. The lowest BCUT2D eigenvalue weighted by Gasteiger charge is -2.23. The highest BCUT2D eigenvalue weighted by Gasteiger charge is 2.81. The molecule has 0 aromatic heterocycles. The zero-order chi connectivity index (χ0) is 8.98. The van der Waals surface area contributed by atoms with Crippen molar-refractivity contribution in [2.45, 2.75) is 44.6 Å². The lowest BCUT2D eigenvalue weighted by Crippen LogP contribution is -2.34. The summed E-state index contributed by atoms with van der Waals surface area (Å²) in [5.41, 5.74) is 4.82. The summed E-state index contributed by atoms with van der Waals surface area (Å²) in [4.78, 5) is 0. The van der Waals surface area contributed by atoms with E-state index < -0.39 is 17.3 Å². The molecular formula is C9H15F2N. The van der Waals surface area contributed by atoms with E-state index in [0.717, 1.165) is 12.8 Å². The molecular weight excluding hydrogens is 160 g/mol. The molecule has 1 nitrogen and oxygen atoms in total. The highest BCUT2D eigenvalue weighted by atomic mass is 19.3. The van der Waals surface area contributed by atoms with Gasteiger partial charge in [-0.25, -0.2) is 8.78 Å². The molecule has 0 aromatic carbocycles. The van der Waals surface area contributed by atoms with E-state index >= 15 is 0 Å². The summed E-state index contributed by atoms with van der Waals surface area (Å²) in [6.45, 7) is 1.72. The van der Waals surface area contributed by atoms with Crippen LogP contribution in [0, 0.1) is 11.3 Å². The number of nitrogens with two attached hydrogens (primary N) is 1. The van der Waals surface area contributed by atoms with E-state index in [2.05, 4.69) is 0 Å². The Hall–Kier alpha value is -0.180. The number of fused-ring (bicyclic) bond motifs is 1. The lowest BCUT2D eigenvalue weighted by atomic mass is 9.83. The van der Waals surface area contributed by atoms with Crippen molar-refractivity contribution in [3.05, 3.63) is 0 Å². The lowest BCUT2D eigenvalue weighted by molar-refractivity contribution is 0.0493. The SMILES string of the molecule is CC(N)C12CCCCC1C2(F)F. The molecule has 12 heavy (non-hydrogen) atoms. The largest absolute Gasteiger partial charge is 0.327 e. The zero-order valence-electron chi connectivity index (χ0n) is 7.32. The van der Waals surface area contributed by atoms with Gasteiger partial charge in [-0.15, -0.1) is 0 Å². The Morgan fingerprint density at radius 2 is 2.08 bits per heavy atom. The smallest absolute Gasteiger partial charge is 0.259 e. The van der Waals surface area contributed by atoms with E-state index in [9.17, 15) is 8.78 Å². The zero-order valence-corrected chi connectivity index (χ0v) is 7.32. The van der Waals surface area contributed by atoms with Gasteiger partial charge in [0, 0.05) is 12.0 Å². The molecule has 3 unspecified atom stereocenters. The van der Waals surface area contributed by atoms with Gasteiger partial charge in [-0.05, 0) is 19.8 Å². The number of halogens is 2. The Labute approximate surface area is 71.3 Å². The highest BCUT2D eigenvalue weighted by Crippen LogP contribution is 2.73. The van der Waals surface area contributed by atoms with Crippen molar-refractivity contribution in [1.82, 2.24) is 0 Å². The van der Waals surface area contributed by atoms with E-state index in [1.807, 2.05) is 0 Å². The summed E-state index contributed by atoms with van der Waals surface area (Å²) in [6.07, 6.45) is 3.18. The molecule has 3 heteroatoms. The van der Waals surface area contributed by atoms with Gasteiger partial charge in [-0.2, -0.15) is 0 Å². The molecule has 0 spiro atoms. The molecule has 2 saturated carbocycles. The minimum Gasteiger partial charge on any atom is -0.327 e. The standard InChI is InChI=1S/C9H15F2N/c1-6(12)8-5-3-2-4-7(8)9(8,10)11/h6-7H,2-5,12H2,1H3. The van der Waals surface area contributed by atoms with Gasteiger partial charge in [0.25, 0.3) is 5.92 Å². The Bertz CT molecular complexity index is 203. The van der Waals surface area contributed by atoms with Crippen molar-refractivity contribution in [3.63, 3.8) is 0 Å². The monoisotopic (exact) mass is 175 g/mol. The van der Waals surface area contributed by atoms with E-state index in [1.54, 1.807) is 6.92 Å². The molecule has 0 aromatic rings. The van der Waals surface area contributed by atoms with Crippen LogP contribution in [0.25, 0.3) is 0 Å². The highest BCUT2D eigenvalue weighted by molar-refractivity contribution is 5.22. The van der Waals surface area contributed by atoms with Crippen LogP contribution in [0.15, 0.2) is 0 Å². The van der Waals surface area contributed by atoms with Crippen LogP contribution in [0.1, 0.15) is 32.6 Å². The Balaban J connectivity index is 2.24. The Morgan fingerprint density at radius 1 is 1.42 bits per heavy atom. The topological polar surface area (TPSA) is 26.0 Å². The number of alkyl halides is 2. The molecule has 2 fully saturated rings. The first kappa shape index (κ1) is 8.42. The molecule has 2 aliphatic carbocycles. The summed E-state index contributed by atoms with van der Waals surface area (Å²) in [5.74, 6) is -2.86. The minimum atomic E-state index is -2.46. The van der Waals surface area contributed by atoms with Gasteiger partial charge in [-0.1, -0.05) is 12.8 Å². The second-order valence-corrected chi connectivity index (χ2v) is 4.25. The number of hydrogen-bond donors (Lipinski definition) is 1. The van der Waals surface area contributed by atoms with Crippen molar-refractivity contribution in [2.24, 2.45) is 17.1 Å². The molecule has 0 amide bonds. The number of hydrogen-bond acceptors (Lipinski definition) is 1. The van der Waals surface area contributed by atoms with Crippen molar-refractivity contribution < 1.29 is 8.78 Å². The second kappa shape index (κ2) is 2.19. The molecule has 2 N–H and O–H groups in total. The quantitative estimate of drug-likeness (QED) is 0.649. The van der Waals surface area contributed by atoms with Gasteiger partial charge in [0.2, 0.25) is 0 Å². The first-order valence-corrected chi connectivity index (χ1v) is 4.67. The summed E-state index contributed by atoms with van der Waals surface area (Å²) >= 11 is 0. The predicted molar refractivity (Wildman–Crippen MR) is 43.0 cm³/mol. The van der Waals surface area contributed by atoms with Crippen LogP contribution in [-0.4, -0.2) is 12.0 Å². The molecule has 0 aliphatic heterocycles.